The molecule has 10 heteroatoms. The van der Waals surface area contributed by atoms with Crippen molar-refractivity contribution in [2.24, 2.45) is 5.73 Å². The maximum Gasteiger partial charge on any atom is 0.416 e. The lowest BCUT2D eigenvalue weighted by Gasteiger charge is -2.20. The van der Waals surface area contributed by atoms with Gasteiger partial charge in [-0.1, -0.05) is 12.1 Å². The molecule has 1 atom stereocenters. The number of alkyl halides is 3. The number of carbonyl (C=O) groups excluding carboxylic acids is 2. The summed E-state index contributed by atoms with van der Waals surface area (Å²) in [6, 6.07) is 7.73. The molecule has 0 saturated carbocycles. The van der Waals surface area contributed by atoms with Gasteiger partial charge in [-0.05, 0) is 42.0 Å². The van der Waals surface area contributed by atoms with Gasteiger partial charge in [0.2, 0.25) is 5.91 Å². The van der Waals surface area contributed by atoms with E-state index in [0.717, 1.165) is 36.5 Å². The predicted molar refractivity (Wildman–Crippen MR) is 97.7 cm³/mol. The Kier molecular flexibility index (Phi) is 5.77. The van der Waals surface area contributed by atoms with E-state index in [1.54, 1.807) is 0 Å². The molecule has 30 heavy (non-hydrogen) atoms. The first kappa shape index (κ1) is 20.9. The smallest absolute Gasteiger partial charge is 0.366 e. The molecule has 0 aliphatic rings. The summed E-state index contributed by atoms with van der Waals surface area (Å²) >= 11 is 0. The molecule has 2 aromatic heterocycles. The SMILES string of the molecule is NC(=O)c1ccc(C(=O)NC(c2ccc(C(F)(F)F)cc2)c2ncccc2F)nc1. The van der Waals surface area contributed by atoms with Crippen LogP contribution in [0.15, 0.2) is 60.9 Å². The summed E-state index contributed by atoms with van der Waals surface area (Å²) in [7, 11) is 0. The third-order valence-electron chi connectivity index (χ3n) is 4.19. The zero-order valence-electron chi connectivity index (χ0n) is 15.2. The van der Waals surface area contributed by atoms with E-state index in [2.05, 4.69) is 15.3 Å². The Labute approximate surface area is 167 Å². The van der Waals surface area contributed by atoms with Crippen molar-refractivity contribution in [3.05, 3.63) is 94.8 Å². The van der Waals surface area contributed by atoms with Crippen LogP contribution in [0.5, 0.6) is 0 Å². The number of hydrogen-bond acceptors (Lipinski definition) is 4. The molecule has 0 saturated heterocycles. The average molecular weight is 418 g/mol. The highest BCUT2D eigenvalue weighted by Crippen LogP contribution is 2.31. The molecular weight excluding hydrogens is 404 g/mol. The summed E-state index contributed by atoms with van der Waals surface area (Å²) in [6.45, 7) is 0. The number of pyridine rings is 2. The van der Waals surface area contributed by atoms with Crippen LogP contribution in [0.4, 0.5) is 17.6 Å². The Morgan fingerprint density at radius 1 is 1.00 bits per heavy atom. The van der Waals surface area contributed by atoms with E-state index in [1.165, 1.54) is 24.4 Å². The van der Waals surface area contributed by atoms with Gasteiger partial charge in [0, 0.05) is 12.4 Å². The second-order valence-corrected chi connectivity index (χ2v) is 6.19. The summed E-state index contributed by atoms with van der Waals surface area (Å²) in [5, 5.41) is 2.51. The van der Waals surface area contributed by atoms with Crippen LogP contribution in [-0.2, 0) is 6.18 Å². The maximum atomic E-state index is 14.3. The lowest BCUT2D eigenvalue weighted by atomic mass is 10.0. The standard InChI is InChI=1S/C20H14F4N4O2/c21-14-2-1-9-26-17(14)16(11-3-6-13(7-4-11)20(22,23)24)28-19(30)15-8-5-12(10-27-15)18(25)29/h1-10,16H,(H2,25,29)(H,28,30). The second kappa shape index (κ2) is 8.27. The van der Waals surface area contributed by atoms with Crippen molar-refractivity contribution in [2.75, 3.05) is 0 Å². The van der Waals surface area contributed by atoms with Gasteiger partial charge in [0.15, 0.2) is 0 Å². The van der Waals surface area contributed by atoms with Crippen molar-refractivity contribution in [1.29, 1.82) is 0 Å². The Hall–Kier alpha value is -3.82. The summed E-state index contributed by atoms with van der Waals surface area (Å²) in [5.41, 5.74) is 4.22. The number of carbonyl (C=O) groups is 2. The molecule has 0 spiro atoms. The van der Waals surface area contributed by atoms with Gasteiger partial charge in [-0.15, -0.1) is 0 Å². The lowest BCUT2D eigenvalue weighted by molar-refractivity contribution is -0.137. The molecule has 3 aromatic rings. The molecule has 2 heterocycles. The molecule has 0 fully saturated rings. The number of halogens is 4. The molecule has 3 N–H and O–H groups in total. The number of primary amides is 1. The van der Waals surface area contributed by atoms with Gasteiger partial charge in [-0.3, -0.25) is 19.6 Å². The fourth-order valence-corrected chi connectivity index (χ4v) is 2.66. The van der Waals surface area contributed by atoms with Crippen LogP contribution in [0.25, 0.3) is 0 Å². The van der Waals surface area contributed by atoms with Gasteiger partial charge in [-0.2, -0.15) is 13.2 Å². The van der Waals surface area contributed by atoms with E-state index in [0.29, 0.717) is 0 Å². The van der Waals surface area contributed by atoms with E-state index < -0.39 is 35.4 Å². The van der Waals surface area contributed by atoms with Crippen molar-refractivity contribution in [3.8, 4) is 0 Å². The zero-order valence-corrected chi connectivity index (χ0v) is 15.2. The average Bonchev–Trinajstić information content (AvgIpc) is 2.72. The Balaban J connectivity index is 1.95. The first-order valence-electron chi connectivity index (χ1n) is 8.51. The molecule has 1 aromatic carbocycles. The number of aromatic nitrogens is 2. The van der Waals surface area contributed by atoms with Crippen LogP contribution in [0.2, 0.25) is 0 Å². The minimum atomic E-state index is -4.54. The third kappa shape index (κ3) is 4.59. The molecule has 0 aliphatic carbocycles. The summed E-state index contributed by atoms with van der Waals surface area (Å²) in [6.07, 6.45) is -2.15. The number of nitrogens with one attached hydrogen (secondary N) is 1. The maximum absolute atomic E-state index is 14.3. The fourth-order valence-electron chi connectivity index (χ4n) is 2.66. The van der Waals surface area contributed by atoms with Gasteiger partial charge in [0.05, 0.1) is 17.2 Å². The van der Waals surface area contributed by atoms with Crippen LogP contribution in [0.1, 0.15) is 43.7 Å². The number of rotatable bonds is 5. The molecule has 3 rings (SSSR count). The van der Waals surface area contributed by atoms with E-state index in [1.807, 2.05) is 0 Å². The number of hydrogen-bond donors (Lipinski definition) is 2. The highest BCUT2D eigenvalue weighted by Gasteiger charge is 2.31. The molecule has 154 valence electrons. The molecule has 2 amide bonds. The lowest BCUT2D eigenvalue weighted by Crippen LogP contribution is -2.31. The Bertz CT molecular complexity index is 1070. The number of benzene rings is 1. The zero-order chi connectivity index (χ0) is 21.9. The van der Waals surface area contributed by atoms with Crippen molar-refractivity contribution in [3.63, 3.8) is 0 Å². The van der Waals surface area contributed by atoms with Gasteiger partial charge in [0.25, 0.3) is 5.91 Å². The number of nitrogens with two attached hydrogens (primary N) is 1. The van der Waals surface area contributed by atoms with Crippen molar-refractivity contribution in [2.45, 2.75) is 12.2 Å². The Morgan fingerprint density at radius 2 is 1.70 bits per heavy atom. The van der Waals surface area contributed by atoms with Crippen molar-refractivity contribution >= 4 is 11.8 Å². The molecule has 6 nitrogen and oxygen atoms in total. The van der Waals surface area contributed by atoms with Crippen LogP contribution < -0.4 is 11.1 Å². The van der Waals surface area contributed by atoms with E-state index in [-0.39, 0.29) is 22.5 Å². The first-order chi connectivity index (χ1) is 14.2. The molecule has 0 radical (unpaired) electrons. The summed E-state index contributed by atoms with van der Waals surface area (Å²) in [4.78, 5) is 31.5. The largest absolute Gasteiger partial charge is 0.416 e. The van der Waals surface area contributed by atoms with E-state index in [4.69, 9.17) is 5.73 Å². The molecule has 1 unspecified atom stereocenters. The van der Waals surface area contributed by atoms with Crippen molar-refractivity contribution < 1.29 is 27.2 Å². The minimum absolute atomic E-state index is 0.0848. The molecular formula is C20H14F4N4O2. The fraction of sp³-hybridized carbons (Fsp3) is 0.100. The Morgan fingerprint density at radius 3 is 2.23 bits per heavy atom. The topological polar surface area (TPSA) is 98.0 Å². The monoisotopic (exact) mass is 418 g/mol. The minimum Gasteiger partial charge on any atom is -0.366 e. The van der Waals surface area contributed by atoms with Gasteiger partial charge < -0.3 is 11.1 Å². The highest BCUT2D eigenvalue weighted by molar-refractivity contribution is 5.95. The molecule has 0 aliphatic heterocycles. The number of nitrogens with zero attached hydrogens (tertiary/aromatic N) is 2. The van der Waals surface area contributed by atoms with E-state index >= 15 is 0 Å². The summed E-state index contributed by atoms with van der Waals surface area (Å²) < 4.78 is 52.9. The third-order valence-corrected chi connectivity index (χ3v) is 4.19. The quantitative estimate of drug-likeness (QED) is 0.622. The van der Waals surface area contributed by atoms with Gasteiger partial charge in [0.1, 0.15) is 17.2 Å². The highest BCUT2D eigenvalue weighted by atomic mass is 19.4. The molecule has 0 bridgehead atoms. The van der Waals surface area contributed by atoms with Crippen LogP contribution in [-0.4, -0.2) is 21.8 Å². The van der Waals surface area contributed by atoms with Crippen LogP contribution >= 0.6 is 0 Å². The van der Waals surface area contributed by atoms with Crippen molar-refractivity contribution in [1.82, 2.24) is 15.3 Å². The van der Waals surface area contributed by atoms with E-state index in [9.17, 15) is 27.2 Å². The van der Waals surface area contributed by atoms with Crippen LogP contribution in [0.3, 0.4) is 0 Å². The normalized spacial score (nSPS) is 12.3. The summed E-state index contributed by atoms with van der Waals surface area (Å²) in [5.74, 6) is -2.23. The first-order valence-corrected chi connectivity index (χ1v) is 8.51. The predicted octanol–water partition coefficient (Wildman–Crippen LogP) is 3.25. The van der Waals surface area contributed by atoms with Gasteiger partial charge >= 0.3 is 6.18 Å². The second-order valence-electron chi connectivity index (χ2n) is 6.19. The van der Waals surface area contributed by atoms with Gasteiger partial charge in [-0.25, -0.2) is 4.39 Å². The van der Waals surface area contributed by atoms with Crippen LogP contribution in [0, 0.1) is 5.82 Å². The number of amides is 2.